The molecule has 1 heterocycles. The van der Waals surface area contributed by atoms with Crippen molar-refractivity contribution in [2.75, 3.05) is 19.0 Å². The topological polar surface area (TPSA) is 89.4 Å². The van der Waals surface area contributed by atoms with Gasteiger partial charge in [0.15, 0.2) is 0 Å². The molecule has 1 aromatic heterocycles. The maximum atomic E-state index is 12.4. The molecule has 0 fully saturated rings. The van der Waals surface area contributed by atoms with Crippen LogP contribution < -0.4 is 10.6 Å². The summed E-state index contributed by atoms with van der Waals surface area (Å²) in [5.41, 5.74) is 1.32. The van der Waals surface area contributed by atoms with Gasteiger partial charge in [-0.25, -0.2) is 0 Å². The van der Waals surface area contributed by atoms with E-state index in [1.165, 1.54) is 7.11 Å². The van der Waals surface area contributed by atoms with E-state index in [0.29, 0.717) is 23.5 Å². The van der Waals surface area contributed by atoms with Crippen LogP contribution in [0.1, 0.15) is 27.8 Å². The summed E-state index contributed by atoms with van der Waals surface area (Å²) in [6.07, 6.45) is 1.82. The van der Waals surface area contributed by atoms with Crippen molar-refractivity contribution in [2.45, 2.75) is 13.5 Å². The van der Waals surface area contributed by atoms with Crippen LogP contribution in [0.3, 0.4) is 0 Å². The van der Waals surface area contributed by atoms with Gasteiger partial charge in [0.05, 0.1) is 7.11 Å². The second-order valence-electron chi connectivity index (χ2n) is 5.12. The number of nitrogens with zero attached hydrogens (tertiary/aromatic N) is 1. The third-order valence-electron chi connectivity index (χ3n) is 3.44. The first-order valence-electron chi connectivity index (χ1n) is 7.56. The first-order valence-corrected chi connectivity index (χ1v) is 8.36. The Labute approximate surface area is 153 Å². The Morgan fingerprint density at radius 2 is 1.96 bits per heavy atom. The molecule has 0 radical (unpaired) electrons. The van der Waals surface area contributed by atoms with E-state index in [4.69, 9.17) is 0 Å². The number of methoxy groups -OCH3 is 1. The van der Waals surface area contributed by atoms with E-state index in [0.717, 1.165) is 4.47 Å². The van der Waals surface area contributed by atoms with Gasteiger partial charge < -0.3 is 19.9 Å². The smallest absolute Gasteiger partial charge is 0.325 e. The zero-order chi connectivity index (χ0) is 18.4. The maximum absolute atomic E-state index is 12.4. The highest BCUT2D eigenvalue weighted by Crippen LogP contribution is 2.17. The van der Waals surface area contributed by atoms with E-state index in [9.17, 15) is 14.4 Å². The molecule has 2 amide bonds. The minimum absolute atomic E-state index is 0.218. The number of aromatic nitrogens is 1. The fourth-order valence-corrected chi connectivity index (χ4v) is 2.65. The number of nitrogens with one attached hydrogen (secondary N) is 2. The first kappa shape index (κ1) is 18.7. The zero-order valence-electron chi connectivity index (χ0n) is 13.8. The minimum Gasteiger partial charge on any atom is -0.468 e. The molecule has 0 aliphatic rings. The molecule has 0 unspecified atom stereocenters. The number of rotatable bonds is 6. The van der Waals surface area contributed by atoms with Gasteiger partial charge >= 0.3 is 5.97 Å². The minimum atomic E-state index is -0.538. The highest BCUT2D eigenvalue weighted by atomic mass is 79.9. The average Bonchev–Trinajstić information content (AvgIpc) is 3.00. The molecular weight excluding hydrogens is 390 g/mol. The lowest BCUT2D eigenvalue weighted by atomic mass is 10.2. The number of hydrogen-bond acceptors (Lipinski definition) is 4. The normalized spacial score (nSPS) is 10.2. The summed E-state index contributed by atoms with van der Waals surface area (Å²) in [5, 5.41) is 5.21. The number of esters is 1. The first-order chi connectivity index (χ1) is 11.9. The molecule has 25 heavy (non-hydrogen) atoms. The lowest BCUT2D eigenvalue weighted by Crippen LogP contribution is -2.30. The highest BCUT2D eigenvalue weighted by molar-refractivity contribution is 9.10. The molecule has 0 atom stereocenters. The molecule has 0 saturated heterocycles. The summed E-state index contributed by atoms with van der Waals surface area (Å²) >= 11 is 3.35. The van der Waals surface area contributed by atoms with Crippen molar-refractivity contribution < 1.29 is 19.1 Å². The Kier molecular flexibility index (Phi) is 6.35. The van der Waals surface area contributed by atoms with Crippen LogP contribution in [0.15, 0.2) is 41.0 Å². The van der Waals surface area contributed by atoms with E-state index in [1.54, 1.807) is 30.3 Å². The molecule has 2 N–H and O–H groups in total. The number of hydrogen-bond donors (Lipinski definition) is 2. The fourth-order valence-electron chi connectivity index (χ4n) is 2.19. The summed E-state index contributed by atoms with van der Waals surface area (Å²) in [7, 11) is 1.25. The number of amides is 2. The molecule has 2 aromatic rings. The van der Waals surface area contributed by atoms with Crippen LogP contribution >= 0.6 is 15.9 Å². The fraction of sp³-hybridized carbons (Fsp3) is 0.235. The molecule has 0 saturated carbocycles. The predicted molar refractivity (Wildman–Crippen MR) is 96.6 cm³/mol. The summed E-state index contributed by atoms with van der Waals surface area (Å²) in [6.45, 7) is 2.38. The molecule has 7 nitrogen and oxygen atoms in total. The van der Waals surface area contributed by atoms with Crippen LogP contribution in [-0.2, 0) is 16.1 Å². The third kappa shape index (κ3) is 4.93. The van der Waals surface area contributed by atoms with Crippen molar-refractivity contribution in [3.63, 3.8) is 0 Å². The van der Waals surface area contributed by atoms with Crippen LogP contribution in [-0.4, -0.2) is 36.0 Å². The van der Waals surface area contributed by atoms with Crippen molar-refractivity contribution in [3.05, 3.63) is 52.3 Å². The van der Waals surface area contributed by atoms with Crippen LogP contribution in [0, 0.1) is 0 Å². The second kappa shape index (κ2) is 8.48. The molecular formula is C17H18BrN3O4. The number of anilines is 1. The van der Waals surface area contributed by atoms with Gasteiger partial charge in [0.2, 0.25) is 0 Å². The number of carbonyl (C=O) groups is 3. The van der Waals surface area contributed by atoms with Gasteiger partial charge in [-0.1, -0.05) is 6.07 Å². The van der Waals surface area contributed by atoms with E-state index < -0.39 is 11.9 Å². The van der Waals surface area contributed by atoms with Crippen LogP contribution in [0.25, 0.3) is 0 Å². The molecule has 0 aliphatic heterocycles. The van der Waals surface area contributed by atoms with Crippen LogP contribution in [0.4, 0.5) is 5.69 Å². The predicted octanol–water partition coefficient (Wildman–Crippen LogP) is 2.43. The number of benzene rings is 1. The van der Waals surface area contributed by atoms with Gasteiger partial charge in [0.25, 0.3) is 11.8 Å². The Balaban J connectivity index is 2.09. The summed E-state index contributed by atoms with van der Waals surface area (Å²) in [4.78, 5) is 35.5. The third-order valence-corrected chi connectivity index (χ3v) is 3.87. The quantitative estimate of drug-likeness (QED) is 0.719. The zero-order valence-corrected chi connectivity index (χ0v) is 15.4. The van der Waals surface area contributed by atoms with Gasteiger partial charge in [-0.05, 0) is 47.1 Å². The van der Waals surface area contributed by atoms with Gasteiger partial charge in [-0.2, -0.15) is 0 Å². The highest BCUT2D eigenvalue weighted by Gasteiger charge is 2.14. The molecule has 8 heteroatoms. The Hall–Kier alpha value is -2.61. The molecule has 132 valence electrons. The van der Waals surface area contributed by atoms with Gasteiger partial charge in [-0.3, -0.25) is 14.4 Å². The van der Waals surface area contributed by atoms with Crippen LogP contribution in [0.2, 0.25) is 0 Å². The van der Waals surface area contributed by atoms with Crippen molar-refractivity contribution >= 4 is 39.4 Å². The van der Waals surface area contributed by atoms with Crippen molar-refractivity contribution in [2.24, 2.45) is 0 Å². The molecule has 0 spiro atoms. The molecule has 0 bridgehead atoms. The number of halogens is 1. The Morgan fingerprint density at radius 1 is 1.20 bits per heavy atom. The molecule has 0 aliphatic carbocycles. The lowest BCUT2D eigenvalue weighted by Gasteiger charge is -2.09. The summed E-state index contributed by atoms with van der Waals surface area (Å²) in [6, 6.07) is 8.19. The van der Waals surface area contributed by atoms with E-state index in [-0.39, 0.29) is 12.5 Å². The van der Waals surface area contributed by atoms with E-state index >= 15 is 0 Å². The van der Waals surface area contributed by atoms with Crippen molar-refractivity contribution in [1.82, 2.24) is 9.88 Å². The van der Waals surface area contributed by atoms with Crippen molar-refractivity contribution in [3.8, 4) is 0 Å². The monoisotopic (exact) mass is 407 g/mol. The van der Waals surface area contributed by atoms with E-state index in [1.807, 2.05) is 17.7 Å². The number of ether oxygens (including phenoxy) is 1. The lowest BCUT2D eigenvalue weighted by molar-refractivity contribution is -0.139. The standard InChI is InChI=1S/C17H18BrN3O4/c1-3-21-10-12(18)8-14(21)17(24)20-13-6-4-5-11(7-13)16(23)19-9-15(22)25-2/h4-8,10H,3,9H2,1-2H3,(H,19,23)(H,20,24). The largest absolute Gasteiger partial charge is 0.468 e. The number of carbonyl (C=O) groups excluding carboxylic acids is 3. The molecule has 2 rings (SSSR count). The second-order valence-corrected chi connectivity index (χ2v) is 6.04. The number of aryl methyl sites for hydroxylation is 1. The summed E-state index contributed by atoms with van der Waals surface area (Å²) in [5.74, 6) is -1.25. The Bertz CT molecular complexity index is 801. The summed E-state index contributed by atoms with van der Waals surface area (Å²) < 4.78 is 7.10. The van der Waals surface area contributed by atoms with Gasteiger partial charge in [0.1, 0.15) is 12.2 Å². The van der Waals surface area contributed by atoms with Crippen molar-refractivity contribution in [1.29, 1.82) is 0 Å². The van der Waals surface area contributed by atoms with Gasteiger partial charge in [-0.15, -0.1) is 0 Å². The van der Waals surface area contributed by atoms with E-state index in [2.05, 4.69) is 31.3 Å². The molecule has 1 aromatic carbocycles. The van der Waals surface area contributed by atoms with Gasteiger partial charge in [0, 0.05) is 28.5 Å². The SMILES string of the molecule is CCn1cc(Br)cc1C(=O)Nc1cccc(C(=O)NCC(=O)OC)c1. The Morgan fingerprint density at radius 3 is 2.64 bits per heavy atom. The maximum Gasteiger partial charge on any atom is 0.325 e. The van der Waals surface area contributed by atoms with Crippen LogP contribution in [0.5, 0.6) is 0 Å². The average molecular weight is 408 g/mol.